The molecule has 1 atom stereocenters. The molecule has 1 aromatic carbocycles. The normalized spacial score (nSPS) is 12.6. The van der Waals surface area contributed by atoms with Gasteiger partial charge in [-0.1, -0.05) is 29.8 Å². The van der Waals surface area contributed by atoms with Gasteiger partial charge in [0.05, 0.1) is 6.20 Å². The minimum atomic E-state index is 0.375. The van der Waals surface area contributed by atoms with Crippen LogP contribution in [0.1, 0.15) is 23.7 Å². The Hall–Kier alpha value is -1.32. The van der Waals surface area contributed by atoms with Crippen molar-refractivity contribution < 1.29 is 0 Å². The zero-order valence-corrected chi connectivity index (χ0v) is 12.4. The van der Waals surface area contributed by atoms with Crippen LogP contribution in [0.15, 0.2) is 30.5 Å². The number of nitrogens with one attached hydrogen (secondary N) is 1. The second kappa shape index (κ2) is 6.22. The fourth-order valence-corrected chi connectivity index (χ4v) is 2.28. The Kier molecular flexibility index (Phi) is 4.61. The molecule has 0 spiro atoms. The molecule has 1 unspecified atom stereocenters. The van der Waals surface area contributed by atoms with Gasteiger partial charge in [-0.25, -0.2) is 0 Å². The van der Waals surface area contributed by atoms with Crippen molar-refractivity contribution in [1.82, 2.24) is 15.1 Å². The van der Waals surface area contributed by atoms with Gasteiger partial charge < -0.3 is 5.32 Å². The number of nitrogens with zero attached hydrogens (tertiary/aromatic N) is 2. The monoisotopic (exact) mass is 277 g/mol. The summed E-state index contributed by atoms with van der Waals surface area (Å²) >= 11 is 6.17. The molecule has 0 saturated carbocycles. The molecule has 1 heterocycles. The van der Waals surface area contributed by atoms with E-state index in [1.807, 2.05) is 36.1 Å². The van der Waals surface area contributed by atoms with E-state index in [2.05, 4.69) is 30.3 Å². The SMILES string of the molecule is Cc1c(CNC(C)Cc2ccccc2Cl)cnn1C. The van der Waals surface area contributed by atoms with Crippen molar-refractivity contribution in [2.75, 3.05) is 0 Å². The van der Waals surface area contributed by atoms with E-state index in [-0.39, 0.29) is 0 Å². The molecule has 0 aliphatic carbocycles. The molecule has 0 aliphatic heterocycles. The summed E-state index contributed by atoms with van der Waals surface area (Å²) in [6.07, 6.45) is 2.85. The van der Waals surface area contributed by atoms with Gasteiger partial charge in [0.1, 0.15) is 0 Å². The van der Waals surface area contributed by atoms with Crippen molar-refractivity contribution in [2.45, 2.75) is 32.9 Å². The molecule has 1 N–H and O–H groups in total. The van der Waals surface area contributed by atoms with Crippen molar-refractivity contribution in [3.05, 3.63) is 52.3 Å². The van der Waals surface area contributed by atoms with Crippen LogP contribution in [0.25, 0.3) is 0 Å². The van der Waals surface area contributed by atoms with Gasteiger partial charge in [0, 0.05) is 35.9 Å². The van der Waals surface area contributed by atoms with Gasteiger partial charge >= 0.3 is 0 Å². The maximum Gasteiger partial charge on any atom is 0.0537 e. The molecule has 1 aromatic heterocycles. The molecule has 102 valence electrons. The molecule has 19 heavy (non-hydrogen) atoms. The molecule has 4 heteroatoms. The van der Waals surface area contributed by atoms with Crippen LogP contribution in [0.5, 0.6) is 0 Å². The first-order valence-electron chi connectivity index (χ1n) is 6.52. The molecule has 2 rings (SSSR count). The van der Waals surface area contributed by atoms with E-state index in [0.29, 0.717) is 6.04 Å². The number of hydrogen-bond donors (Lipinski definition) is 1. The number of hydrogen-bond acceptors (Lipinski definition) is 2. The van der Waals surface area contributed by atoms with E-state index in [1.165, 1.54) is 16.8 Å². The number of aryl methyl sites for hydroxylation is 1. The van der Waals surface area contributed by atoms with Gasteiger partial charge in [-0.15, -0.1) is 0 Å². The molecule has 0 radical (unpaired) electrons. The maximum absolute atomic E-state index is 6.17. The van der Waals surface area contributed by atoms with Crippen molar-refractivity contribution in [2.24, 2.45) is 7.05 Å². The summed E-state index contributed by atoms with van der Waals surface area (Å²) < 4.78 is 1.90. The highest BCUT2D eigenvalue weighted by Crippen LogP contribution is 2.16. The standard InChI is InChI=1S/C15H20ClN3/c1-11(8-13-6-4-5-7-15(13)16)17-9-14-10-18-19(3)12(14)2/h4-7,10-11,17H,8-9H2,1-3H3. The number of halogens is 1. The molecular formula is C15H20ClN3. The smallest absolute Gasteiger partial charge is 0.0537 e. The minimum absolute atomic E-state index is 0.375. The molecule has 3 nitrogen and oxygen atoms in total. The fraction of sp³-hybridized carbons (Fsp3) is 0.400. The lowest BCUT2D eigenvalue weighted by Crippen LogP contribution is -2.27. The van der Waals surface area contributed by atoms with Gasteiger partial charge in [-0.2, -0.15) is 5.10 Å². The first-order valence-corrected chi connectivity index (χ1v) is 6.90. The van der Waals surface area contributed by atoms with E-state index in [0.717, 1.165) is 18.0 Å². The molecule has 0 saturated heterocycles. The Bertz CT molecular complexity index is 548. The summed E-state index contributed by atoms with van der Waals surface area (Å²) in [5.74, 6) is 0. The Labute approximate surface area is 119 Å². The van der Waals surface area contributed by atoms with Crippen LogP contribution in [0.4, 0.5) is 0 Å². The summed E-state index contributed by atoms with van der Waals surface area (Å²) in [6.45, 7) is 5.10. The van der Waals surface area contributed by atoms with Crippen molar-refractivity contribution >= 4 is 11.6 Å². The average molecular weight is 278 g/mol. The van der Waals surface area contributed by atoms with Gasteiger partial charge in [-0.05, 0) is 31.9 Å². The third-order valence-corrected chi connectivity index (χ3v) is 3.83. The number of benzene rings is 1. The second-order valence-electron chi connectivity index (χ2n) is 4.96. The van der Waals surface area contributed by atoms with Gasteiger partial charge in [0.15, 0.2) is 0 Å². The summed E-state index contributed by atoms with van der Waals surface area (Å²) in [6, 6.07) is 8.38. The predicted octanol–water partition coefficient (Wildman–Crippen LogP) is 3.10. The minimum Gasteiger partial charge on any atom is -0.310 e. The third-order valence-electron chi connectivity index (χ3n) is 3.46. The topological polar surface area (TPSA) is 29.9 Å². The molecule has 0 bridgehead atoms. The molecule has 0 aliphatic rings. The first kappa shape index (κ1) is 14.1. The lowest BCUT2D eigenvalue weighted by molar-refractivity contribution is 0.544. The van der Waals surface area contributed by atoms with E-state index in [4.69, 9.17) is 11.6 Å². The maximum atomic E-state index is 6.17. The van der Waals surface area contributed by atoms with Crippen LogP contribution in [0.3, 0.4) is 0 Å². The Morgan fingerprint density at radius 1 is 1.32 bits per heavy atom. The van der Waals surface area contributed by atoms with E-state index < -0.39 is 0 Å². The summed E-state index contributed by atoms with van der Waals surface area (Å²) in [5, 5.41) is 8.61. The Morgan fingerprint density at radius 3 is 2.68 bits per heavy atom. The number of rotatable bonds is 5. The number of aromatic nitrogens is 2. The van der Waals surface area contributed by atoms with Crippen molar-refractivity contribution in [3.63, 3.8) is 0 Å². The lowest BCUT2D eigenvalue weighted by atomic mass is 10.1. The predicted molar refractivity (Wildman–Crippen MR) is 79.4 cm³/mol. The summed E-state index contributed by atoms with van der Waals surface area (Å²) in [7, 11) is 1.96. The van der Waals surface area contributed by atoms with Gasteiger partial charge in [-0.3, -0.25) is 4.68 Å². The van der Waals surface area contributed by atoms with Gasteiger partial charge in [0.25, 0.3) is 0 Å². The fourth-order valence-electron chi connectivity index (χ4n) is 2.07. The molecular weight excluding hydrogens is 258 g/mol. The van der Waals surface area contributed by atoms with Crippen LogP contribution in [-0.4, -0.2) is 15.8 Å². The zero-order chi connectivity index (χ0) is 13.8. The largest absolute Gasteiger partial charge is 0.310 e. The first-order chi connectivity index (χ1) is 9.08. The van der Waals surface area contributed by atoms with Crippen molar-refractivity contribution in [3.8, 4) is 0 Å². The quantitative estimate of drug-likeness (QED) is 0.910. The third kappa shape index (κ3) is 3.58. The Balaban J connectivity index is 1.90. The highest BCUT2D eigenvalue weighted by molar-refractivity contribution is 6.31. The highest BCUT2D eigenvalue weighted by Gasteiger charge is 2.08. The summed E-state index contributed by atoms with van der Waals surface area (Å²) in [4.78, 5) is 0. The van der Waals surface area contributed by atoms with E-state index in [1.54, 1.807) is 0 Å². The van der Waals surface area contributed by atoms with E-state index >= 15 is 0 Å². The zero-order valence-electron chi connectivity index (χ0n) is 11.7. The molecule has 0 fully saturated rings. The molecule has 0 amide bonds. The van der Waals surface area contributed by atoms with Crippen LogP contribution in [0.2, 0.25) is 5.02 Å². The second-order valence-corrected chi connectivity index (χ2v) is 5.36. The van der Waals surface area contributed by atoms with Crippen LogP contribution in [0, 0.1) is 6.92 Å². The Morgan fingerprint density at radius 2 is 2.05 bits per heavy atom. The van der Waals surface area contributed by atoms with Crippen LogP contribution < -0.4 is 5.32 Å². The van der Waals surface area contributed by atoms with Crippen LogP contribution in [-0.2, 0) is 20.0 Å². The lowest BCUT2D eigenvalue weighted by Gasteiger charge is -2.14. The van der Waals surface area contributed by atoms with E-state index in [9.17, 15) is 0 Å². The van der Waals surface area contributed by atoms with Crippen molar-refractivity contribution in [1.29, 1.82) is 0 Å². The average Bonchev–Trinajstić information content (AvgIpc) is 2.70. The highest BCUT2D eigenvalue weighted by atomic mass is 35.5. The van der Waals surface area contributed by atoms with Gasteiger partial charge in [0.2, 0.25) is 0 Å². The van der Waals surface area contributed by atoms with Crippen LogP contribution >= 0.6 is 11.6 Å². The summed E-state index contributed by atoms with van der Waals surface area (Å²) in [5.41, 5.74) is 3.64. The molecule has 2 aromatic rings.